The Morgan fingerprint density at radius 1 is 0.424 bits per heavy atom. The van der Waals surface area contributed by atoms with Crippen molar-refractivity contribution in [3.63, 3.8) is 0 Å². The molecule has 10 rings (SSSR count). The van der Waals surface area contributed by atoms with Gasteiger partial charge in [0.2, 0.25) is 23.6 Å². The molecule has 4 fully saturated rings. The number of nitrogens with zero attached hydrogens (tertiary/aromatic N) is 6. The van der Waals surface area contributed by atoms with E-state index in [-0.39, 0.29) is 12.8 Å². The fourth-order valence-corrected chi connectivity index (χ4v) is 17.2. The minimum absolute atomic E-state index is 0.228. The van der Waals surface area contributed by atoms with Gasteiger partial charge in [0.25, 0.3) is 14.9 Å². The molecule has 4 saturated heterocycles. The summed E-state index contributed by atoms with van der Waals surface area (Å²) in [7, 11) is -7.82. The molecule has 6 aromatic rings. The molecule has 66 heavy (non-hydrogen) atoms. The number of para-hydroxylation sites is 3. The maximum absolute atomic E-state index is 16.5. The van der Waals surface area contributed by atoms with Gasteiger partial charge in [-0.05, 0) is 105 Å². The van der Waals surface area contributed by atoms with Gasteiger partial charge >= 0.3 is 0 Å². The molecule has 0 aromatic heterocycles. The second-order valence-electron chi connectivity index (χ2n) is 17.4. The average Bonchev–Trinajstić information content (AvgIpc) is 3.83. The van der Waals surface area contributed by atoms with Crippen LogP contribution < -0.4 is 28.5 Å². The van der Waals surface area contributed by atoms with Crippen molar-refractivity contribution in [2.24, 2.45) is 0 Å². The van der Waals surface area contributed by atoms with Gasteiger partial charge in [-0.15, -0.1) is 0 Å². The molecule has 0 spiro atoms. The first-order valence-electron chi connectivity index (χ1n) is 22.5. The molecule has 3 atom stereocenters. The van der Waals surface area contributed by atoms with Crippen LogP contribution in [-0.4, -0.2) is 61.1 Å². The first kappa shape index (κ1) is 43.2. The monoisotopic (exact) mass is 916 g/mol. The Morgan fingerprint density at radius 2 is 0.848 bits per heavy atom. The normalized spacial score (nSPS) is 22.2. The first-order chi connectivity index (χ1) is 32.0. The van der Waals surface area contributed by atoms with Crippen molar-refractivity contribution in [1.82, 2.24) is 0 Å². The number of rotatable bonds is 9. The van der Waals surface area contributed by atoms with Crippen LogP contribution in [-0.2, 0) is 28.3 Å². The van der Waals surface area contributed by atoms with Crippen molar-refractivity contribution >= 4 is 72.6 Å². The zero-order valence-corrected chi connectivity index (χ0v) is 38.6. The summed E-state index contributed by atoms with van der Waals surface area (Å²) < 4.78 is 39.9. The van der Waals surface area contributed by atoms with Crippen LogP contribution in [0.1, 0.15) is 36.8 Å². The van der Waals surface area contributed by atoms with E-state index in [1.165, 1.54) is 9.80 Å². The minimum atomic E-state index is -4.01. The summed E-state index contributed by atoms with van der Waals surface area (Å²) in [4.78, 5) is 60.1. The van der Waals surface area contributed by atoms with Gasteiger partial charge in [0.05, 0.1) is 17.1 Å². The molecule has 4 aliphatic rings. The van der Waals surface area contributed by atoms with Crippen molar-refractivity contribution in [3.8, 4) is 11.1 Å². The highest BCUT2D eigenvalue weighted by Crippen LogP contribution is 2.67. The predicted molar refractivity (Wildman–Crippen MR) is 263 cm³/mol. The maximum atomic E-state index is 16.5. The summed E-state index contributed by atoms with van der Waals surface area (Å²) in [6.45, 7) is 5.60. The highest BCUT2D eigenvalue weighted by atomic mass is 31.2. The van der Waals surface area contributed by atoms with Crippen LogP contribution in [0, 0.1) is 13.8 Å². The molecule has 0 N–H and O–H groups in total. The Kier molecular flexibility index (Phi) is 11.3. The van der Waals surface area contributed by atoms with E-state index < -0.39 is 49.8 Å². The summed E-state index contributed by atoms with van der Waals surface area (Å²) in [5.41, 5.74) is 4.46. The largest absolute Gasteiger partial charge is 0.306 e. The van der Waals surface area contributed by atoms with Gasteiger partial charge in [-0.3, -0.25) is 28.3 Å². The SMILES string of the molecule is Cc1ccc(N2CCCN(c3ccc(C)cc3-c3cccc(N4C(=O)CC(P5(=O)N(c6ccccc6)CCCN5c5ccccc5)C4=O)c3)P2(=O)C2CC(=O)N(c3ccccc3)C2=O)cc1. The molecule has 12 nitrogen and oxygen atoms in total. The number of aryl methyl sites for hydroxylation is 2. The molecule has 0 saturated carbocycles. The van der Waals surface area contributed by atoms with Gasteiger partial charge < -0.3 is 18.7 Å². The van der Waals surface area contributed by atoms with E-state index in [9.17, 15) is 19.2 Å². The number of carbonyl (C=O) groups excluding carboxylic acids is 4. The maximum Gasteiger partial charge on any atom is 0.275 e. The third-order valence-corrected chi connectivity index (χ3v) is 20.1. The molecule has 0 aliphatic carbocycles. The summed E-state index contributed by atoms with van der Waals surface area (Å²) in [6, 6.07) is 48.4. The van der Waals surface area contributed by atoms with Gasteiger partial charge in [-0.1, -0.05) is 96.1 Å². The smallest absolute Gasteiger partial charge is 0.275 e. The predicted octanol–water partition coefficient (Wildman–Crippen LogP) is 10.5. The molecule has 3 unspecified atom stereocenters. The lowest BCUT2D eigenvalue weighted by atomic mass is 10.00. The van der Waals surface area contributed by atoms with Crippen molar-refractivity contribution in [3.05, 3.63) is 169 Å². The highest BCUT2D eigenvalue weighted by molar-refractivity contribution is 7.69. The summed E-state index contributed by atoms with van der Waals surface area (Å²) in [5.74, 6) is -1.90. The molecular weight excluding hydrogens is 867 g/mol. The number of anilines is 6. The molecule has 0 radical (unpaired) electrons. The standard InChI is InChI=1S/C52H50N6O6P2/c1-37-23-26-42(27-24-37)55-31-14-32-56(66(55,64)48-36-49(59)57(51(48)61)43-20-10-5-11-21-43)46-28-25-38(2)33-45(46)39-15-12-22-44(34-39)58-50(60)35-47(52(58)62)65(63)53(40-16-6-3-7-17-40)29-13-30-54(65)41-18-8-4-9-19-41/h3-12,15-28,33-34,47-48H,13-14,29-32,35-36H2,1-2H3. The van der Waals surface area contributed by atoms with Crippen LogP contribution >= 0.6 is 14.9 Å². The van der Waals surface area contributed by atoms with Crippen molar-refractivity contribution in [2.75, 3.05) is 54.7 Å². The fraction of sp³-hybridized carbons (Fsp3) is 0.231. The molecule has 0 bridgehead atoms. The van der Waals surface area contributed by atoms with Gasteiger partial charge in [0, 0.05) is 61.6 Å². The Hall–Kier alpha value is -6.74. The lowest BCUT2D eigenvalue weighted by molar-refractivity contribution is -0.122. The second-order valence-corrected chi connectivity index (χ2v) is 22.9. The Morgan fingerprint density at radius 3 is 1.38 bits per heavy atom. The quantitative estimate of drug-likeness (QED) is 0.102. The highest BCUT2D eigenvalue weighted by Gasteiger charge is 2.58. The van der Waals surface area contributed by atoms with Crippen LogP contribution in [0.5, 0.6) is 0 Å². The topological polar surface area (TPSA) is 122 Å². The lowest BCUT2D eigenvalue weighted by Crippen LogP contribution is -2.46. The number of benzene rings is 6. The van der Waals surface area contributed by atoms with E-state index >= 15 is 9.13 Å². The van der Waals surface area contributed by atoms with Crippen molar-refractivity contribution in [1.29, 1.82) is 0 Å². The molecule has 6 aromatic carbocycles. The second kappa shape index (κ2) is 17.2. The van der Waals surface area contributed by atoms with Crippen LogP contribution in [0.3, 0.4) is 0 Å². The molecule has 4 aliphatic heterocycles. The molecule has 14 heteroatoms. The Bertz CT molecular complexity index is 2900. The van der Waals surface area contributed by atoms with Gasteiger partial charge in [-0.25, -0.2) is 9.80 Å². The van der Waals surface area contributed by atoms with Crippen LogP contribution in [0.2, 0.25) is 0 Å². The summed E-state index contributed by atoms with van der Waals surface area (Å²) in [6.07, 6.45) is 0.855. The lowest BCUT2D eigenvalue weighted by Gasteiger charge is -2.48. The first-order valence-corrected chi connectivity index (χ1v) is 25.8. The Labute approximate surface area is 385 Å². The van der Waals surface area contributed by atoms with Gasteiger partial charge in [-0.2, -0.15) is 0 Å². The third kappa shape index (κ3) is 7.24. The minimum Gasteiger partial charge on any atom is -0.306 e. The third-order valence-electron chi connectivity index (χ3n) is 13.2. The van der Waals surface area contributed by atoms with Gasteiger partial charge in [0.1, 0.15) is 11.3 Å². The van der Waals surface area contributed by atoms with E-state index in [0.717, 1.165) is 22.5 Å². The molecule has 334 valence electrons. The van der Waals surface area contributed by atoms with E-state index in [1.807, 2.05) is 148 Å². The number of hydrogen-bond acceptors (Lipinski definition) is 6. The molecule has 4 amide bonds. The van der Waals surface area contributed by atoms with Crippen molar-refractivity contribution < 1.29 is 28.3 Å². The number of carbonyl (C=O) groups is 4. The van der Waals surface area contributed by atoms with Crippen LogP contribution in [0.25, 0.3) is 11.1 Å². The average molecular weight is 917 g/mol. The number of hydrogen-bond donors (Lipinski definition) is 0. The van der Waals surface area contributed by atoms with E-state index in [1.54, 1.807) is 42.5 Å². The summed E-state index contributed by atoms with van der Waals surface area (Å²) >= 11 is 0. The number of amides is 4. The zero-order valence-electron chi connectivity index (χ0n) is 36.8. The molecular formula is C52H50N6O6P2. The zero-order chi connectivity index (χ0) is 45.7. The van der Waals surface area contributed by atoms with Crippen LogP contribution in [0.15, 0.2) is 158 Å². The van der Waals surface area contributed by atoms with Crippen LogP contribution in [0.4, 0.5) is 34.1 Å². The fourth-order valence-electron chi connectivity index (χ4n) is 10.1. The Balaban J connectivity index is 1.05. The molecule has 4 heterocycles. The van der Waals surface area contributed by atoms with Gasteiger partial charge in [0.15, 0.2) is 0 Å². The van der Waals surface area contributed by atoms with E-state index in [4.69, 9.17) is 0 Å². The van der Waals surface area contributed by atoms with E-state index in [2.05, 4.69) is 0 Å². The van der Waals surface area contributed by atoms with Crippen molar-refractivity contribution in [2.45, 2.75) is 50.8 Å². The van der Waals surface area contributed by atoms with E-state index in [0.29, 0.717) is 72.9 Å². The summed E-state index contributed by atoms with van der Waals surface area (Å²) in [5, 5.41) is 0. The number of imide groups is 2.